The Labute approximate surface area is 141 Å². The average molecular weight is 328 g/mol. The zero-order valence-corrected chi connectivity index (χ0v) is 13.5. The van der Waals surface area contributed by atoms with Crippen molar-refractivity contribution < 1.29 is 13.9 Å². The number of aromatic nitrogens is 1. The summed E-state index contributed by atoms with van der Waals surface area (Å²) in [7, 11) is 0. The lowest BCUT2D eigenvalue weighted by atomic mass is 9.87. The second-order valence-electron chi connectivity index (χ2n) is 6.59. The largest absolute Gasteiger partial charge is 0.486 e. The molecule has 1 aromatic heterocycles. The van der Waals surface area contributed by atoms with Gasteiger partial charge in [0, 0.05) is 31.4 Å². The first-order chi connectivity index (χ1) is 11.7. The highest BCUT2D eigenvalue weighted by molar-refractivity contribution is 5.46. The zero-order valence-electron chi connectivity index (χ0n) is 13.5. The number of anilines is 1. The Bertz CT molecular complexity index is 670. The van der Waals surface area contributed by atoms with E-state index in [1.807, 2.05) is 24.3 Å². The molecule has 0 saturated carbocycles. The fourth-order valence-electron chi connectivity index (χ4n) is 3.66. The molecular weight excluding hydrogens is 307 g/mol. The molecule has 5 heteroatoms. The van der Waals surface area contributed by atoms with E-state index in [4.69, 9.17) is 9.47 Å². The van der Waals surface area contributed by atoms with E-state index < -0.39 is 0 Å². The molecule has 2 fully saturated rings. The molecule has 1 aromatic carbocycles. The molecule has 4 rings (SSSR count). The summed E-state index contributed by atoms with van der Waals surface area (Å²) in [6.07, 6.45) is 6.42. The Morgan fingerprint density at radius 2 is 1.96 bits per heavy atom. The Morgan fingerprint density at radius 3 is 2.67 bits per heavy atom. The SMILES string of the molecule is Fc1ccc(N2CCC3(CC2)CC(Oc2cccnc2)CO3)cc1. The number of benzene rings is 1. The van der Waals surface area contributed by atoms with Crippen LogP contribution in [0.2, 0.25) is 0 Å². The molecule has 3 heterocycles. The van der Waals surface area contributed by atoms with Gasteiger partial charge >= 0.3 is 0 Å². The van der Waals surface area contributed by atoms with Crippen LogP contribution in [-0.2, 0) is 4.74 Å². The van der Waals surface area contributed by atoms with Crippen LogP contribution in [-0.4, -0.2) is 36.4 Å². The maximum atomic E-state index is 13.1. The molecule has 1 unspecified atom stereocenters. The maximum absolute atomic E-state index is 13.1. The molecular formula is C19H21FN2O2. The molecule has 0 N–H and O–H groups in total. The number of rotatable bonds is 3. The maximum Gasteiger partial charge on any atom is 0.138 e. The fourth-order valence-corrected chi connectivity index (χ4v) is 3.66. The third-order valence-corrected chi connectivity index (χ3v) is 4.98. The van der Waals surface area contributed by atoms with Gasteiger partial charge in [-0.3, -0.25) is 4.98 Å². The van der Waals surface area contributed by atoms with Crippen molar-refractivity contribution in [2.45, 2.75) is 31.0 Å². The lowest BCUT2D eigenvalue weighted by Crippen LogP contribution is -2.44. The minimum Gasteiger partial charge on any atom is -0.486 e. The van der Waals surface area contributed by atoms with Crippen LogP contribution in [0.5, 0.6) is 5.75 Å². The molecule has 0 amide bonds. The minimum absolute atomic E-state index is 0.0800. The van der Waals surface area contributed by atoms with Crippen molar-refractivity contribution in [3.8, 4) is 5.75 Å². The number of nitrogens with zero attached hydrogens (tertiary/aromatic N) is 2. The predicted molar refractivity (Wildman–Crippen MR) is 89.8 cm³/mol. The van der Waals surface area contributed by atoms with E-state index >= 15 is 0 Å². The molecule has 2 aromatic rings. The summed E-state index contributed by atoms with van der Waals surface area (Å²) in [4.78, 5) is 6.38. The first kappa shape index (κ1) is 15.4. The highest BCUT2D eigenvalue weighted by atomic mass is 19.1. The van der Waals surface area contributed by atoms with Gasteiger partial charge in [0.1, 0.15) is 17.7 Å². The van der Waals surface area contributed by atoms with E-state index in [0.29, 0.717) is 6.61 Å². The van der Waals surface area contributed by atoms with Gasteiger partial charge in [0.25, 0.3) is 0 Å². The van der Waals surface area contributed by atoms with Crippen LogP contribution >= 0.6 is 0 Å². The summed E-state index contributed by atoms with van der Waals surface area (Å²) in [5.41, 5.74) is 0.996. The number of pyridine rings is 1. The quantitative estimate of drug-likeness (QED) is 0.865. The standard InChI is InChI=1S/C19H21FN2O2/c20-15-3-5-16(6-4-15)22-10-7-19(8-11-22)12-18(14-23-19)24-17-2-1-9-21-13-17/h1-6,9,13,18H,7-8,10-12,14H2. The second-order valence-corrected chi connectivity index (χ2v) is 6.59. The molecule has 2 saturated heterocycles. The smallest absolute Gasteiger partial charge is 0.138 e. The van der Waals surface area contributed by atoms with Gasteiger partial charge < -0.3 is 14.4 Å². The fraction of sp³-hybridized carbons (Fsp3) is 0.421. The van der Waals surface area contributed by atoms with E-state index in [-0.39, 0.29) is 17.5 Å². The molecule has 1 atom stereocenters. The normalized spacial score (nSPS) is 22.7. The van der Waals surface area contributed by atoms with Gasteiger partial charge in [0.15, 0.2) is 0 Å². The van der Waals surface area contributed by atoms with E-state index in [1.165, 1.54) is 12.1 Å². The molecule has 4 nitrogen and oxygen atoms in total. The molecule has 0 aliphatic carbocycles. The van der Waals surface area contributed by atoms with Crippen LogP contribution in [0.15, 0.2) is 48.8 Å². The van der Waals surface area contributed by atoms with E-state index in [1.54, 1.807) is 12.4 Å². The van der Waals surface area contributed by atoms with Crippen molar-refractivity contribution in [3.05, 3.63) is 54.6 Å². The third-order valence-electron chi connectivity index (χ3n) is 4.98. The predicted octanol–water partition coefficient (Wildman–Crippen LogP) is 3.43. The molecule has 2 aliphatic rings. The van der Waals surface area contributed by atoms with E-state index in [2.05, 4.69) is 9.88 Å². The Morgan fingerprint density at radius 1 is 1.17 bits per heavy atom. The van der Waals surface area contributed by atoms with Crippen LogP contribution < -0.4 is 9.64 Å². The summed E-state index contributed by atoms with van der Waals surface area (Å²) in [6.45, 7) is 2.47. The first-order valence-electron chi connectivity index (χ1n) is 8.44. The van der Waals surface area contributed by atoms with Gasteiger partial charge in [-0.2, -0.15) is 0 Å². The summed E-state index contributed by atoms with van der Waals surface area (Å²) in [5, 5.41) is 0. The molecule has 24 heavy (non-hydrogen) atoms. The summed E-state index contributed by atoms with van der Waals surface area (Å²) >= 11 is 0. The summed E-state index contributed by atoms with van der Waals surface area (Å²) in [6, 6.07) is 10.5. The molecule has 0 bridgehead atoms. The van der Waals surface area contributed by atoms with Crippen molar-refractivity contribution in [1.82, 2.24) is 4.98 Å². The Hall–Kier alpha value is -2.14. The van der Waals surface area contributed by atoms with Gasteiger partial charge in [-0.05, 0) is 49.2 Å². The van der Waals surface area contributed by atoms with Crippen LogP contribution in [0.3, 0.4) is 0 Å². The van der Waals surface area contributed by atoms with E-state index in [0.717, 1.165) is 43.8 Å². The molecule has 126 valence electrons. The van der Waals surface area contributed by atoms with Crippen LogP contribution in [0, 0.1) is 5.82 Å². The van der Waals surface area contributed by atoms with Crippen LogP contribution in [0.25, 0.3) is 0 Å². The average Bonchev–Trinajstić information content (AvgIpc) is 3.00. The number of ether oxygens (including phenoxy) is 2. The van der Waals surface area contributed by atoms with Crippen molar-refractivity contribution in [2.75, 3.05) is 24.6 Å². The van der Waals surface area contributed by atoms with Crippen molar-refractivity contribution in [3.63, 3.8) is 0 Å². The first-order valence-corrected chi connectivity index (χ1v) is 8.44. The van der Waals surface area contributed by atoms with Gasteiger partial charge in [0.05, 0.1) is 18.4 Å². The number of halogens is 1. The third kappa shape index (κ3) is 3.22. The molecule has 0 radical (unpaired) electrons. The van der Waals surface area contributed by atoms with Gasteiger partial charge in [-0.1, -0.05) is 0 Å². The highest BCUT2D eigenvalue weighted by Crippen LogP contribution is 2.38. The zero-order chi connectivity index (χ0) is 16.4. The minimum atomic E-state index is -0.193. The number of piperidine rings is 1. The Kier molecular flexibility index (Phi) is 4.10. The van der Waals surface area contributed by atoms with E-state index in [9.17, 15) is 4.39 Å². The highest BCUT2D eigenvalue weighted by Gasteiger charge is 2.43. The lowest BCUT2D eigenvalue weighted by molar-refractivity contribution is -0.0162. The number of hydrogen-bond acceptors (Lipinski definition) is 4. The van der Waals surface area contributed by atoms with Crippen LogP contribution in [0.4, 0.5) is 10.1 Å². The second kappa shape index (κ2) is 6.40. The lowest BCUT2D eigenvalue weighted by Gasteiger charge is -2.39. The van der Waals surface area contributed by atoms with Gasteiger partial charge in [-0.15, -0.1) is 0 Å². The topological polar surface area (TPSA) is 34.6 Å². The van der Waals surface area contributed by atoms with Gasteiger partial charge in [0.2, 0.25) is 0 Å². The van der Waals surface area contributed by atoms with Crippen molar-refractivity contribution in [2.24, 2.45) is 0 Å². The van der Waals surface area contributed by atoms with Crippen molar-refractivity contribution in [1.29, 1.82) is 0 Å². The summed E-state index contributed by atoms with van der Waals surface area (Å²) in [5.74, 6) is 0.605. The monoisotopic (exact) mass is 328 g/mol. The van der Waals surface area contributed by atoms with Crippen LogP contribution in [0.1, 0.15) is 19.3 Å². The Balaban J connectivity index is 1.34. The van der Waals surface area contributed by atoms with Crippen molar-refractivity contribution >= 4 is 5.69 Å². The van der Waals surface area contributed by atoms with Gasteiger partial charge in [-0.25, -0.2) is 4.39 Å². The number of hydrogen-bond donors (Lipinski definition) is 0. The molecule has 2 aliphatic heterocycles. The summed E-state index contributed by atoms with van der Waals surface area (Å²) < 4.78 is 25.2. The molecule has 1 spiro atoms.